The Hall–Kier alpha value is -1.06. The zero-order valence-corrected chi connectivity index (χ0v) is 9.25. The molecule has 1 aliphatic heterocycles. The Balaban J connectivity index is 2.10. The van der Waals surface area contributed by atoms with Crippen molar-refractivity contribution in [2.45, 2.75) is 51.5 Å². The number of ether oxygens (including phenoxy) is 1. The van der Waals surface area contributed by atoms with Crippen LogP contribution in [0.3, 0.4) is 0 Å². The van der Waals surface area contributed by atoms with E-state index in [4.69, 9.17) is 4.74 Å². The summed E-state index contributed by atoms with van der Waals surface area (Å²) in [6.07, 6.45) is 5.44. The van der Waals surface area contributed by atoms with Gasteiger partial charge in [0.2, 0.25) is 5.91 Å². The lowest BCUT2D eigenvalue weighted by molar-refractivity contribution is -0.141. The first-order valence-electron chi connectivity index (χ1n) is 5.70. The fraction of sp³-hybridized carbons (Fsp3) is 0.818. The van der Waals surface area contributed by atoms with Crippen molar-refractivity contribution in [3.05, 3.63) is 0 Å². The standard InChI is InChI=1S/C11H19NO3/c1-2-3-4-5-6-10(13)12-9-7-8-15-11(9)14/h9H,2-8H2,1H3,(H,12,13)/t9-/m1/s1. The van der Waals surface area contributed by atoms with Crippen LogP contribution >= 0.6 is 0 Å². The molecule has 1 atom stereocenters. The van der Waals surface area contributed by atoms with Gasteiger partial charge >= 0.3 is 5.97 Å². The normalized spacial score (nSPS) is 20.1. The number of rotatable bonds is 6. The van der Waals surface area contributed by atoms with E-state index in [1.807, 2.05) is 0 Å². The van der Waals surface area contributed by atoms with E-state index in [1.54, 1.807) is 0 Å². The highest BCUT2D eigenvalue weighted by Gasteiger charge is 2.27. The summed E-state index contributed by atoms with van der Waals surface area (Å²) in [5.74, 6) is -0.327. The summed E-state index contributed by atoms with van der Waals surface area (Å²) in [5.41, 5.74) is 0. The minimum absolute atomic E-state index is 0.0325. The third-order valence-corrected chi connectivity index (χ3v) is 2.53. The molecule has 1 saturated heterocycles. The predicted octanol–water partition coefficient (Wildman–Crippen LogP) is 1.39. The molecule has 0 aromatic heterocycles. The Morgan fingerprint density at radius 1 is 1.47 bits per heavy atom. The van der Waals surface area contributed by atoms with Crippen molar-refractivity contribution in [2.24, 2.45) is 0 Å². The van der Waals surface area contributed by atoms with Gasteiger partial charge < -0.3 is 10.1 Å². The average molecular weight is 213 g/mol. The lowest BCUT2D eigenvalue weighted by atomic mass is 10.1. The second-order valence-corrected chi connectivity index (χ2v) is 3.89. The molecule has 0 saturated carbocycles. The average Bonchev–Trinajstić information content (AvgIpc) is 2.59. The summed E-state index contributed by atoms with van der Waals surface area (Å²) < 4.78 is 4.76. The summed E-state index contributed by atoms with van der Waals surface area (Å²) in [6, 6.07) is -0.399. The second-order valence-electron chi connectivity index (χ2n) is 3.89. The third kappa shape index (κ3) is 4.32. The number of nitrogens with one attached hydrogen (secondary N) is 1. The zero-order chi connectivity index (χ0) is 11.1. The first kappa shape index (κ1) is 12.0. The zero-order valence-electron chi connectivity index (χ0n) is 9.25. The maximum Gasteiger partial charge on any atom is 0.328 e. The van der Waals surface area contributed by atoms with Crippen molar-refractivity contribution < 1.29 is 14.3 Å². The van der Waals surface area contributed by atoms with Gasteiger partial charge in [0.25, 0.3) is 0 Å². The van der Waals surface area contributed by atoms with Gasteiger partial charge in [0.05, 0.1) is 6.61 Å². The number of amides is 1. The van der Waals surface area contributed by atoms with Crippen molar-refractivity contribution >= 4 is 11.9 Å². The Labute approximate surface area is 90.4 Å². The van der Waals surface area contributed by atoms with Crippen LogP contribution in [0.15, 0.2) is 0 Å². The quantitative estimate of drug-likeness (QED) is 0.536. The maximum absolute atomic E-state index is 11.4. The van der Waals surface area contributed by atoms with E-state index in [2.05, 4.69) is 12.2 Å². The number of carbonyl (C=O) groups excluding carboxylic acids is 2. The number of unbranched alkanes of at least 4 members (excludes halogenated alkanes) is 3. The molecule has 0 aromatic rings. The topological polar surface area (TPSA) is 55.4 Å². The molecular formula is C11H19NO3. The lowest BCUT2D eigenvalue weighted by Gasteiger charge is -2.08. The highest BCUT2D eigenvalue weighted by Crippen LogP contribution is 2.07. The minimum Gasteiger partial charge on any atom is -0.464 e. The lowest BCUT2D eigenvalue weighted by Crippen LogP contribution is -2.37. The van der Waals surface area contributed by atoms with Crippen LogP contribution in [0.5, 0.6) is 0 Å². The highest BCUT2D eigenvalue weighted by molar-refractivity contribution is 5.85. The van der Waals surface area contributed by atoms with Gasteiger partial charge in [0, 0.05) is 12.8 Å². The van der Waals surface area contributed by atoms with E-state index in [-0.39, 0.29) is 11.9 Å². The Kier molecular flexibility index (Phi) is 5.15. The van der Waals surface area contributed by atoms with E-state index in [1.165, 1.54) is 6.42 Å². The van der Waals surface area contributed by atoms with E-state index >= 15 is 0 Å². The van der Waals surface area contributed by atoms with Gasteiger partial charge in [-0.1, -0.05) is 26.2 Å². The molecule has 1 fully saturated rings. The first-order chi connectivity index (χ1) is 7.24. The van der Waals surface area contributed by atoms with Crippen LogP contribution in [-0.4, -0.2) is 24.5 Å². The van der Waals surface area contributed by atoms with Gasteiger partial charge in [-0.25, -0.2) is 4.79 Å². The van der Waals surface area contributed by atoms with E-state index in [0.717, 1.165) is 19.3 Å². The molecular weight excluding hydrogens is 194 g/mol. The predicted molar refractivity (Wildman–Crippen MR) is 56.3 cm³/mol. The van der Waals surface area contributed by atoms with Crippen molar-refractivity contribution in [1.82, 2.24) is 5.32 Å². The summed E-state index contributed by atoms with van der Waals surface area (Å²) >= 11 is 0. The molecule has 86 valence electrons. The molecule has 0 bridgehead atoms. The van der Waals surface area contributed by atoms with E-state index < -0.39 is 6.04 Å². The van der Waals surface area contributed by atoms with Gasteiger partial charge in [-0.2, -0.15) is 0 Å². The number of cyclic esters (lactones) is 1. The fourth-order valence-electron chi connectivity index (χ4n) is 1.61. The van der Waals surface area contributed by atoms with E-state index in [0.29, 0.717) is 19.4 Å². The second kappa shape index (κ2) is 6.43. The van der Waals surface area contributed by atoms with Crippen LogP contribution in [0.1, 0.15) is 45.4 Å². The van der Waals surface area contributed by atoms with Crippen LogP contribution in [0.4, 0.5) is 0 Å². The largest absolute Gasteiger partial charge is 0.464 e. The van der Waals surface area contributed by atoms with Gasteiger partial charge in [0.15, 0.2) is 0 Å². The van der Waals surface area contributed by atoms with Crippen molar-refractivity contribution in [3.63, 3.8) is 0 Å². The van der Waals surface area contributed by atoms with Crippen molar-refractivity contribution in [3.8, 4) is 0 Å². The monoisotopic (exact) mass is 213 g/mol. The van der Waals surface area contributed by atoms with Gasteiger partial charge in [-0.3, -0.25) is 4.79 Å². The molecule has 1 amide bonds. The SMILES string of the molecule is CCCCCCC(=O)N[C@@H]1CCOC1=O. The molecule has 1 rings (SSSR count). The fourth-order valence-corrected chi connectivity index (χ4v) is 1.61. The first-order valence-corrected chi connectivity index (χ1v) is 5.70. The number of hydrogen-bond donors (Lipinski definition) is 1. The molecule has 4 nitrogen and oxygen atoms in total. The molecule has 0 unspecified atom stereocenters. The summed E-state index contributed by atoms with van der Waals surface area (Å²) in [4.78, 5) is 22.4. The molecule has 0 aromatic carbocycles. The maximum atomic E-state index is 11.4. The number of esters is 1. The highest BCUT2D eigenvalue weighted by atomic mass is 16.5. The summed E-state index contributed by atoms with van der Waals surface area (Å²) in [5, 5.41) is 2.69. The summed E-state index contributed by atoms with van der Waals surface area (Å²) in [7, 11) is 0. The van der Waals surface area contributed by atoms with Crippen LogP contribution in [0.25, 0.3) is 0 Å². The Morgan fingerprint density at radius 3 is 2.87 bits per heavy atom. The molecule has 0 aliphatic carbocycles. The molecule has 1 heterocycles. The number of hydrogen-bond acceptors (Lipinski definition) is 3. The van der Waals surface area contributed by atoms with Crippen LogP contribution < -0.4 is 5.32 Å². The Morgan fingerprint density at radius 2 is 2.27 bits per heavy atom. The molecule has 0 spiro atoms. The minimum atomic E-state index is -0.399. The molecule has 0 radical (unpaired) electrons. The molecule has 15 heavy (non-hydrogen) atoms. The Bertz CT molecular complexity index is 228. The van der Waals surface area contributed by atoms with Gasteiger partial charge in [-0.05, 0) is 6.42 Å². The van der Waals surface area contributed by atoms with Crippen LogP contribution in [0, 0.1) is 0 Å². The number of carbonyl (C=O) groups is 2. The van der Waals surface area contributed by atoms with Crippen LogP contribution in [-0.2, 0) is 14.3 Å². The smallest absolute Gasteiger partial charge is 0.328 e. The van der Waals surface area contributed by atoms with Crippen molar-refractivity contribution in [1.29, 1.82) is 0 Å². The van der Waals surface area contributed by atoms with Crippen LogP contribution in [0.2, 0.25) is 0 Å². The molecule has 4 heteroatoms. The molecule has 1 N–H and O–H groups in total. The van der Waals surface area contributed by atoms with Gasteiger partial charge in [0.1, 0.15) is 6.04 Å². The molecule has 1 aliphatic rings. The van der Waals surface area contributed by atoms with Gasteiger partial charge in [-0.15, -0.1) is 0 Å². The van der Waals surface area contributed by atoms with E-state index in [9.17, 15) is 9.59 Å². The summed E-state index contributed by atoms with van der Waals surface area (Å²) in [6.45, 7) is 2.56. The third-order valence-electron chi connectivity index (χ3n) is 2.53. The van der Waals surface area contributed by atoms with Crippen molar-refractivity contribution in [2.75, 3.05) is 6.61 Å².